The molecule has 0 amide bonds. The molecule has 0 fully saturated rings. The standard InChI is InChI=1S/C18H18N2/c1-2-14-6-3-4-9-18(14)20-13-16-8-5-7-15-12-19-11-10-17(15)16/h3-12,20H,2,13H2,1H3. The molecule has 20 heavy (non-hydrogen) atoms. The van der Waals surface area contributed by atoms with Crippen molar-refractivity contribution in [2.75, 3.05) is 5.32 Å². The van der Waals surface area contributed by atoms with Crippen LogP contribution >= 0.6 is 0 Å². The molecule has 0 saturated carbocycles. The molecule has 1 N–H and O–H groups in total. The fourth-order valence-electron chi connectivity index (χ4n) is 2.54. The monoisotopic (exact) mass is 262 g/mol. The molecular weight excluding hydrogens is 244 g/mol. The SMILES string of the molecule is CCc1ccccc1NCc1cccc2cnccc12. The van der Waals surface area contributed by atoms with E-state index < -0.39 is 0 Å². The molecule has 3 aromatic rings. The molecule has 2 aromatic carbocycles. The first-order valence-corrected chi connectivity index (χ1v) is 7.02. The molecule has 2 nitrogen and oxygen atoms in total. The normalized spacial score (nSPS) is 10.7. The summed E-state index contributed by atoms with van der Waals surface area (Å²) in [6.07, 6.45) is 4.81. The minimum Gasteiger partial charge on any atom is -0.381 e. The number of hydrogen-bond acceptors (Lipinski definition) is 2. The van der Waals surface area contributed by atoms with Crippen LogP contribution in [0.4, 0.5) is 5.69 Å². The molecule has 0 aliphatic heterocycles. The topological polar surface area (TPSA) is 24.9 Å². The van der Waals surface area contributed by atoms with E-state index in [0.717, 1.165) is 13.0 Å². The van der Waals surface area contributed by atoms with E-state index in [1.165, 1.54) is 27.6 Å². The van der Waals surface area contributed by atoms with Crippen molar-refractivity contribution in [3.05, 3.63) is 72.1 Å². The van der Waals surface area contributed by atoms with Crippen LogP contribution in [0.2, 0.25) is 0 Å². The number of pyridine rings is 1. The van der Waals surface area contributed by atoms with Gasteiger partial charge in [-0.1, -0.05) is 43.3 Å². The first kappa shape index (κ1) is 12.7. The Labute approximate surface area is 119 Å². The van der Waals surface area contributed by atoms with E-state index in [2.05, 4.69) is 65.8 Å². The summed E-state index contributed by atoms with van der Waals surface area (Å²) >= 11 is 0. The molecule has 100 valence electrons. The van der Waals surface area contributed by atoms with Gasteiger partial charge in [-0.15, -0.1) is 0 Å². The third-order valence-corrected chi connectivity index (χ3v) is 3.64. The maximum atomic E-state index is 4.18. The predicted molar refractivity (Wildman–Crippen MR) is 84.9 cm³/mol. The third-order valence-electron chi connectivity index (χ3n) is 3.64. The van der Waals surface area contributed by atoms with Gasteiger partial charge in [0, 0.05) is 30.0 Å². The second-order valence-electron chi connectivity index (χ2n) is 4.88. The Bertz CT molecular complexity index is 714. The van der Waals surface area contributed by atoms with Gasteiger partial charge in [-0.05, 0) is 35.1 Å². The summed E-state index contributed by atoms with van der Waals surface area (Å²) in [7, 11) is 0. The van der Waals surface area contributed by atoms with Crippen LogP contribution in [0.3, 0.4) is 0 Å². The van der Waals surface area contributed by atoms with Gasteiger partial charge in [-0.25, -0.2) is 0 Å². The number of nitrogens with zero attached hydrogens (tertiary/aromatic N) is 1. The van der Waals surface area contributed by atoms with Crippen molar-refractivity contribution in [2.45, 2.75) is 19.9 Å². The molecule has 0 bridgehead atoms. The quantitative estimate of drug-likeness (QED) is 0.753. The number of aryl methyl sites for hydroxylation is 1. The minimum atomic E-state index is 0.832. The average Bonchev–Trinajstić information content (AvgIpc) is 2.53. The summed E-state index contributed by atoms with van der Waals surface area (Å²) in [6, 6.07) is 16.9. The van der Waals surface area contributed by atoms with Crippen LogP contribution in [-0.4, -0.2) is 4.98 Å². The largest absolute Gasteiger partial charge is 0.381 e. The molecule has 0 spiro atoms. The van der Waals surface area contributed by atoms with Crippen molar-refractivity contribution in [3.63, 3.8) is 0 Å². The van der Waals surface area contributed by atoms with Crippen molar-refractivity contribution < 1.29 is 0 Å². The van der Waals surface area contributed by atoms with E-state index >= 15 is 0 Å². The molecule has 1 heterocycles. The van der Waals surface area contributed by atoms with Crippen LogP contribution in [0.15, 0.2) is 60.9 Å². The lowest BCUT2D eigenvalue weighted by Gasteiger charge is -2.12. The van der Waals surface area contributed by atoms with Crippen molar-refractivity contribution >= 4 is 16.5 Å². The van der Waals surface area contributed by atoms with E-state index in [0.29, 0.717) is 0 Å². The van der Waals surface area contributed by atoms with Crippen molar-refractivity contribution in [1.29, 1.82) is 0 Å². The summed E-state index contributed by atoms with van der Waals surface area (Å²) < 4.78 is 0. The van der Waals surface area contributed by atoms with Crippen molar-refractivity contribution in [3.8, 4) is 0 Å². The van der Waals surface area contributed by atoms with E-state index in [-0.39, 0.29) is 0 Å². The smallest absolute Gasteiger partial charge is 0.0407 e. The number of rotatable bonds is 4. The van der Waals surface area contributed by atoms with Gasteiger partial charge in [0.1, 0.15) is 0 Å². The number of anilines is 1. The van der Waals surface area contributed by atoms with E-state index in [9.17, 15) is 0 Å². The maximum absolute atomic E-state index is 4.18. The molecule has 2 heteroatoms. The highest BCUT2D eigenvalue weighted by atomic mass is 14.9. The Hall–Kier alpha value is -2.35. The molecule has 1 aromatic heterocycles. The first-order valence-electron chi connectivity index (χ1n) is 7.02. The zero-order valence-electron chi connectivity index (χ0n) is 11.6. The highest BCUT2D eigenvalue weighted by Crippen LogP contribution is 2.20. The number of nitrogens with one attached hydrogen (secondary N) is 1. The zero-order chi connectivity index (χ0) is 13.8. The summed E-state index contributed by atoms with van der Waals surface area (Å²) in [4.78, 5) is 4.18. The molecule has 0 atom stereocenters. The lowest BCUT2D eigenvalue weighted by atomic mass is 10.1. The summed E-state index contributed by atoms with van der Waals surface area (Å²) in [5.74, 6) is 0. The van der Waals surface area contributed by atoms with Gasteiger partial charge in [0.25, 0.3) is 0 Å². The van der Waals surface area contributed by atoms with E-state index in [1.54, 1.807) is 0 Å². The van der Waals surface area contributed by atoms with Crippen LogP contribution in [0.5, 0.6) is 0 Å². The number of fused-ring (bicyclic) bond motifs is 1. The lowest BCUT2D eigenvalue weighted by molar-refractivity contribution is 1.10. The van der Waals surface area contributed by atoms with Gasteiger partial charge in [0.2, 0.25) is 0 Å². The lowest BCUT2D eigenvalue weighted by Crippen LogP contribution is -2.02. The number of benzene rings is 2. The zero-order valence-corrected chi connectivity index (χ0v) is 11.6. The van der Waals surface area contributed by atoms with Gasteiger partial charge in [-0.3, -0.25) is 4.98 Å². The third kappa shape index (κ3) is 2.50. The Morgan fingerprint density at radius 2 is 1.80 bits per heavy atom. The fourth-order valence-corrected chi connectivity index (χ4v) is 2.54. The second kappa shape index (κ2) is 5.74. The van der Waals surface area contributed by atoms with Crippen LogP contribution in [0, 0.1) is 0 Å². The van der Waals surface area contributed by atoms with Gasteiger partial charge < -0.3 is 5.32 Å². The van der Waals surface area contributed by atoms with Crippen molar-refractivity contribution in [2.24, 2.45) is 0 Å². The minimum absolute atomic E-state index is 0.832. The second-order valence-corrected chi connectivity index (χ2v) is 4.88. The summed E-state index contributed by atoms with van der Waals surface area (Å²) in [5.41, 5.74) is 3.88. The highest BCUT2D eigenvalue weighted by Gasteiger charge is 2.02. The van der Waals surface area contributed by atoms with Crippen LogP contribution < -0.4 is 5.32 Å². The Morgan fingerprint density at radius 1 is 0.950 bits per heavy atom. The van der Waals surface area contributed by atoms with Gasteiger partial charge in [-0.2, -0.15) is 0 Å². The van der Waals surface area contributed by atoms with Gasteiger partial charge >= 0.3 is 0 Å². The Kier molecular flexibility index (Phi) is 3.64. The van der Waals surface area contributed by atoms with Crippen LogP contribution in [0.1, 0.15) is 18.1 Å². The first-order chi connectivity index (χ1) is 9.88. The molecule has 0 saturated heterocycles. The predicted octanol–water partition coefficient (Wildman–Crippen LogP) is 4.41. The summed E-state index contributed by atoms with van der Waals surface area (Å²) in [5, 5.41) is 6.01. The number of aromatic nitrogens is 1. The van der Waals surface area contributed by atoms with Crippen LogP contribution in [-0.2, 0) is 13.0 Å². The van der Waals surface area contributed by atoms with Gasteiger partial charge in [0.15, 0.2) is 0 Å². The molecule has 0 aliphatic carbocycles. The highest BCUT2D eigenvalue weighted by molar-refractivity contribution is 5.85. The Balaban J connectivity index is 1.87. The summed E-state index contributed by atoms with van der Waals surface area (Å²) in [6.45, 7) is 3.02. The number of para-hydroxylation sites is 1. The van der Waals surface area contributed by atoms with Gasteiger partial charge in [0.05, 0.1) is 0 Å². The van der Waals surface area contributed by atoms with Crippen LogP contribution in [0.25, 0.3) is 10.8 Å². The molecule has 0 unspecified atom stereocenters. The van der Waals surface area contributed by atoms with Crippen molar-refractivity contribution in [1.82, 2.24) is 4.98 Å². The molecule has 0 aliphatic rings. The Morgan fingerprint density at radius 3 is 2.70 bits per heavy atom. The average molecular weight is 262 g/mol. The number of hydrogen-bond donors (Lipinski definition) is 1. The van der Waals surface area contributed by atoms with E-state index in [4.69, 9.17) is 0 Å². The fraction of sp³-hybridized carbons (Fsp3) is 0.167. The maximum Gasteiger partial charge on any atom is 0.0407 e. The molecule has 3 rings (SSSR count). The van der Waals surface area contributed by atoms with E-state index in [1.807, 2.05) is 12.4 Å². The molecular formula is C18H18N2. The molecule has 0 radical (unpaired) electrons.